The summed E-state index contributed by atoms with van der Waals surface area (Å²) in [4.78, 5) is 68.4. The lowest BCUT2D eigenvalue weighted by molar-refractivity contribution is -0.144. The van der Waals surface area contributed by atoms with Crippen LogP contribution in [0.25, 0.3) is 11.0 Å². The van der Waals surface area contributed by atoms with Gasteiger partial charge in [0.2, 0.25) is 34.1 Å². The van der Waals surface area contributed by atoms with Crippen molar-refractivity contribution in [1.82, 2.24) is 30.2 Å². The molecule has 2 aliphatic carbocycles. The maximum absolute atomic E-state index is 15.0. The molecule has 1 aromatic carbocycles. The van der Waals surface area contributed by atoms with Crippen LogP contribution in [0.5, 0.6) is 11.6 Å². The number of alkyl carbamates (subject to hydrolysis) is 1. The topological polar surface area (TPSA) is 195 Å². The van der Waals surface area contributed by atoms with Crippen LogP contribution in [0.3, 0.4) is 0 Å². The Morgan fingerprint density at radius 1 is 1.05 bits per heavy atom. The molecule has 0 spiro atoms. The van der Waals surface area contributed by atoms with Crippen molar-refractivity contribution in [3.63, 3.8) is 0 Å². The predicted octanol–water partition coefficient (Wildman–Crippen LogP) is 5.82. The minimum Gasteiger partial charge on any atom is -0.497 e. The van der Waals surface area contributed by atoms with Gasteiger partial charge in [0.05, 0.1) is 35.4 Å². The molecule has 3 N–H and O–H groups in total. The fourth-order valence-electron chi connectivity index (χ4n) is 8.56. The summed E-state index contributed by atoms with van der Waals surface area (Å²) in [7, 11) is -2.72. The summed E-state index contributed by atoms with van der Waals surface area (Å²) in [5.41, 5.74) is -1.48. The number of hydrogen-bond acceptors (Lipinski definition) is 11. The van der Waals surface area contributed by atoms with Crippen molar-refractivity contribution >= 4 is 44.9 Å². The van der Waals surface area contributed by atoms with Crippen LogP contribution >= 0.6 is 0 Å². The number of cyclic esters (lactones) is 1. The van der Waals surface area contributed by atoms with Gasteiger partial charge in [0.25, 0.3) is 5.91 Å². The van der Waals surface area contributed by atoms with E-state index >= 15 is 4.79 Å². The Kier molecular flexibility index (Phi) is 13.5. The molecule has 2 aliphatic heterocycles. The average molecular weight is 877 g/mol. The van der Waals surface area contributed by atoms with Crippen molar-refractivity contribution < 1.29 is 50.6 Å². The van der Waals surface area contributed by atoms with Crippen LogP contribution in [0.2, 0.25) is 0 Å². The number of ether oxygens (including phenoxy) is 3. The third kappa shape index (κ3) is 10.1. The van der Waals surface area contributed by atoms with Gasteiger partial charge in [0.1, 0.15) is 41.3 Å². The first-order valence-corrected chi connectivity index (χ1v) is 23.0. The molecule has 4 amide bonds. The molecule has 61 heavy (non-hydrogen) atoms. The first kappa shape index (κ1) is 46.2. The molecule has 0 radical (unpaired) electrons. The number of alkyl halides is 2. The average Bonchev–Trinajstić information content (AvgIpc) is 4.08. The van der Waals surface area contributed by atoms with E-state index in [1.165, 1.54) is 11.8 Å². The van der Waals surface area contributed by atoms with E-state index in [1.54, 1.807) is 46.9 Å². The third-order valence-corrected chi connectivity index (χ3v) is 14.8. The van der Waals surface area contributed by atoms with E-state index in [1.807, 2.05) is 24.6 Å². The van der Waals surface area contributed by atoms with E-state index in [9.17, 15) is 31.6 Å². The number of benzene rings is 1. The molecule has 2 saturated carbocycles. The molecule has 338 valence electrons. The van der Waals surface area contributed by atoms with Gasteiger partial charge in [0.15, 0.2) is 0 Å². The number of amides is 4. The van der Waals surface area contributed by atoms with Crippen molar-refractivity contribution in [2.75, 3.05) is 13.7 Å². The highest BCUT2D eigenvalue weighted by Crippen LogP contribution is 2.50. The molecule has 15 nitrogen and oxygen atoms in total. The van der Waals surface area contributed by atoms with E-state index in [0.717, 1.165) is 32.1 Å². The van der Waals surface area contributed by atoms with E-state index in [4.69, 9.17) is 24.2 Å². The van der Waals surface area contributed by atoms with Gasteiger partial charge in [0, 0.05) is 12.0 Å². The van der Waals surface area contributed by atoms with E-state index in [0.29, 0.717) is 41.7 Å². The van der Waals surface area contributed by atoms with Crippen molar-refractivity contribution in [2.45, 2.75) is 160 Å². The van der Waals surface area contributed by atoms with Gasteiger partial charge in [-0.1, -0.05) is 53.9 Å². The van der Waals surface area contributed by atoms with Gasteiger partial charge < -0.3 is 29.7 Å². The number of nitrogens with zero attached hydrogens (tertiary/aromatic N) is 3. The molecule has 0 unspecified atom stereocenters. The number of nitrogens with one attached hydrogen (secondary N) is 3. The predicted molar refractivity (Wildman–Crippen MR) is 222 cm³/mol. The number of rotatable bonds is 9. The summed E-state index contributed by atoms with van der Waals surface area (Å²) in [5, 5.41) is 5.30. The molecule has 1 aromatic heterocycles. The van der Waals surface area contributed by atoms with Crippen LogP contribution in [0, 0.1) is 23.2 Å². The van der Waals surface area contributed by atoms with E-state index in [-0.39, 0.29) is 31.2 Å². The smallest absolute Gasteiger partial charge is 0.408 e. The van der Waals surface area contributed by atoms with Crippen LogP contribution < -0.4 is 24.8 Å². The molecule has 6 rings (SSSR count). The van der Waals surface area contributed by atoms with Crippen LogP contribution in [0.15, 0.2) is 18.2 Å². The highest BCUT2D eigenvalue weighted by atomic mass is 32.2. The Hall–Kier alpha value is -4.35. The summed E-state index contributed by atoms with van der Waals surface area (Å²) in [5.74, 6) is -4.64. The molecule has 18 heteroatoms. The van der Waals surface area contributed by atoms with Gasteiger partial charge in [-0.05, 0) is 88.7 Å². The second kappa shape index (κ2) is 17.8. The number of sulfonamides is 1. The molecule has 3 fully saturated rings. The molecular weight excluding hydrogens is 815 g/mol. The minimum absolute atomic E-state index is 0.0807. The summed E-state index contributed by atoms with van der Waals surface area (Å²) in [6.07, 6.45) is 0.630. The zero-order chi connectivity index (χ0) is 44.7. The van der Waals surface area contributed by atoms with Crippen molar-refractivity contribution in [2.24, 2.45) is 23.2 Å². The summed E-state index contributed by atoms with van der Waals surface area (Å²) < 4.78 is 74.0. The standard InChI is InChI=1S/C43H62F2N6O9S/c1-24(2)20-27-32-23-51(33(27)36(52)49-43(22-28(43)35(44)45)39(54)50-61(56,57)42(7)18-19-42)38(53)34(41(4,5)6)48-40(55)59-25(3)14-12-10-9-11-13-15-30-37(60-32)47-31-21-26(58-8)16-17-29(31)46-30/h16-17,21,24-25,27-28,32-35H,9-15,18-20,22-23H2,1-8H3,(H,48,55)(H,49,52)(H,50,54)/t25-,27-,28+,32+,33+,34-,43-/m1/s1. The largest absolute Gasteiger partial charge is 0.497 e. The van der Waals surface area contributed by atoms with Crippen molar-refractivity contribution in [1.29, 1.82) is 0 Å². The number of carbonyl (C=O) groups is 4. The molecule has 4 aliphatic rings. The van der Waals surface area contributed by atoms with Gasteiger partial charge in [-0.2, -0.15) is 0 Å². The number of fused-ring (bicyclic) bond motifs is 4. The lowest BCUT2D eigenvalue weighted by Gasteiger charge is -2.36. The number of hydrogen-bond donors (Lipinski definition) is 3. The fraction of sp³-hybridized carbons (Fsp3) is 0.721. The van der Waals surface area contributed by atoms with Gasteiger partial charge >= 0.3 is 6.09 Å². The number of carbonyl (C=O) groups excluding carboxylic acids is 4. The highest BCUT2D eigenvalue weighted by Gasteiger charge is 2.68. The lowest BCUT2D eigenvalue weighted by atomic mass is 9.85. The monoisotopic (exact) mass is 876 g/mol. The van der Waals surface area contributed by atoms with Crippen molar-refractivity contribution in [3.05, 3.63) is 23.9 Å². The van der Waals surface area contributed by atoms with Crippen LogP contribution in [0.4, 0.5) is 13.6 Å². The number of halogens is 2. The second-order valence-electron chi connectivity index (χ2n) is 19.2. The maximum atomic E-state index is 15.0. The Morgan fingerprint density at radius 2 is 1.74 bits per heavy atom. The number of aryl methyl sites for hydroxylation is 1. The van der Waals surface area contributed by atoms with E-state index < -0.39 is 98.5 Å². The van der Waals surface area contributed by atoms with Gasteiger partial charge in [-0.3, -0.25) is 19.1 Å². The number of methoxy groups -OCH3 is 1. The maximum Gasteiger partial charge on any atom is 0.408 e. The quantitative estimate of drug-likeness (QED) is 0.275. The molecule has 1 saturated heterocycles. The summed E-state index contributed by atoms with van der Waals surface area (Å²) in [6.45, 7) is 12.2. The zero-order valence-electron chi connectivity index (χ0n) is 36.5. The SMILES string of the molecule is COc1ccc2nc3c(nc2c1)O[C@H]1CN(C(=O)[C@H](C(C)(C)C)NC(=O)O[C@H](C)CCCCCCC3)[C@H](C(=O)N[C@]2(C(=O)NS(=O)(=O)C3(C)CC3)C[C@H]2C(F)F)[C@@H]1CC(C)C. The Labute approximate surface area is 357 Å². The van der Waals surface area contributed by atoms with Crippen LogP contribution in [-0.4, -0.2) is 102 Å². The summed E-state index contributed by atoms with van der Waals surface area (Å²) in [6, 6.07) is 2.69. The summed E-state index contributed by atoms with van der Waals surface area (Å²) >= 11 is 0. The van der Waals surface area contributed by atoms with Crippen molar-refractivity contribution in [3.8, 4) is 11.6 Å². The molecule has 2 bridgehead atoms. The Bertz CT molecular complexity index is 2090. The van der Waals surface area contributed by atoms with Gasteiger partial charge in [-0.15, -0.1) is 0 Å². The first-order chi connectivity index (χ1) is 28.6. The number of aromatic nitrogens is 2. The van der Waals surface area contributed by atoms with Gasteiger partial charge in [-0.25, -0.2) is 32.0 Å². The molecule has 3 heterocycles. The zero-order valence-corrected chi connectivity index (χ0v) is 37.3. The van der Waals surface area contributed by atoms with Crippen LogP contribution in [-0.2, 0) is 35.6 Å². The molecular formula is C43H62F2N6O9S. The van der Waals surface area contributed by atoms with Crippen LogP contribution in [0.1, 0.15) is 118 Å². The van der Waals surface area contributed by atoms with E-state index in [2.05, 4.69) is 10.6 Å². The third-order valence-electron chi connectivity index (χ3n) is 12.7. The second-order valence-corrected chi connectivity index (χ2v) is 21.4. The molecule has 2 aromatic rings. The normalized spacial score (nSPS) is 28.7. The Balaban J connectivity index is 1.44. The lowest BCUT2D eigenvalue weighted by Crippen LogP contribution is -2.61. The highest BCUT2D eigenvalue weighted by molar-refractivity contribution is 7.91. The molecule has 7 atom stereocenters. The minimum atomic E-state index is -4.26. The Morgan fingerprint density at radius 3 is 2.36 bits per heavy atom. The first-order valence-electron chi connectivity index (χ1n) is 21.5. The fourth-order valence-corrected chi connectivity index (χ4v) is 9.88.